The van der Waals surface area contributed by atoms with Crippen LogP contribution in [0.3, 0.4) is 0 Å². The summed E-state index contributed by atoms with van der Waals surface area (Å²) in [5, 5.41) is 9.75. The Morgan fingerprint density at radius 2 is 1.84 bits per heavy atom. The van der Waals surface area contributed by atoms with Crippen molar-refractivity contribution in [3.8, 4) is 0 Å². The van der Waals surface area contributed by atoms with Crippen LogP contribution in [0.2, 0.25) is 0 Å². The zero-order valence-electron chi connectivity index (χ0n) is 12.5. The molecule has 1 aromatic carbocycles. The maximum Gasteiger partial charge on any atom is 0.0594 e. The van der Waals surface area contributed by atoms with Crippen LogP contribution in [0.25, 0.3) is 0 Å². The van der Waals surface area contributed by atoms with Crippen LogP contribution < -0.4 is 0 Å². The SMILES string of the molecule is C[C@H]1CCCN1Cc1ccc(CCC(C)(C)O)cc1. The van der Waals surface area contributed by atoms with Gasteiger partial charge in [0.1, 0.15) is 0 Å². The Balaban J connectivity index is 1.87. The highest BCUT2D eigenvalue weighted by Crippen LogP contribution is 2.20. The van der Waals surface area contributed by atoms with Crippen molar-refractivity contribution in [3.05, 3.63) is 35.4 Å². The van der Waals surface area contributed by atoms with Gasteiger partial charge in [-0.25, -0.2) is 0 Å². The van der Waals surface area contributed by atoms with Crippen LogP contribution in [-0.4, -0.2) is 28.2 Å². The fourth-order valence-corrected chi connectivity index (χ4v) is 2.72. The van der Waals surface area contributed by atoms with Crippen molar-refractivity contribution < 1.29 is 5.11 Å². The number of hydrogen-bond donors (Lipinski definition) is 1. The molecule has 2 heteroatoms. The van der Waals surface area contributed by atoms with Crippen molar-refractivity contribution >= 4 is 0 Å². The molecule has 0 aromatic heterocycles. The van der Waals surface area contributed by atoms with Gasteiger partial charge in [-0.15, -0.1) is 0 Å². The molecule has 1 heterocycles. The number of likely N-dealkylation sites (tertiary alicyclic amines) is 1. The van der Waals surface area contributed by atoms with E-state index in [4.69, 9.17) is 0 Å². The molecule has 0 radical (unpaired) electrons. The van der Waals surface area contributed by atoms with Crippen molar-refractivity contribution in [2.45, 2.75) is 64.6 Å². The third kappa shape index (κ3) is 4.63. The van der Waals surface area contributed by atoms with Crippen molar-refractivity contribution in [2.24, 2.45) is 0 Å². The summed E-state index contributed by atoms with van der Waals surface area (Å²) in [6, 6.07) is 9.63. The predicted octanol–water partition coefficient (Wildman–Crippen LogP) is 3.37. The van der Waals surface area contributed by atoms with Crippen LogP contribution in [0.5, 0.6) is 0 Å². The Hall–Kier alpha value is -0.860. The summed E-state index contributed by atoms with van der Waals surface area (Å²) in [4.78, 5) is 2.56. The highest BCUT2D eigenvalue weighted by molar-refractivity contribution is 5.23. The van der Waals surface area contributed by atoms with Gasteiger partial charge in [-0.2, -0.15) is 0 Å². The minimum atomic E-state index is -0.566. The highest BCUT2D eigenvalue weighted by Gasteiger charge is 2.19. The van der Waals surface area contributed by atoms with Gasteiger partial charge in [0.15, 0.2) is 0 Å². The van der Waals surface area contributed by atoms with E-state index in [1.807, 2.05) is 13.8 Å². The molecule has 1 aliphatic heterocycles. The molecule has 1 saturated heterocycles. The van der Waals surface area contributed by atoms with Crippen LogP contribution in [-0.2, 0) is 13.0 Å². The van der Waals surface area contributed by atoms with E-state index < -0.39 is 5.60 Å². The average Bonchev–Trinajstić information content (AvgIpc) is 2.73. The maximum atomic E-state index is 9.75. The molecule has 1 aliphatic rings. The molecule has 1 fully saturated rings. The first-order chi connectivity index (χ1) is 8.94. The zero-order valence-corrected chi connectivity index (χ0v) is 12.5. The Kier molecular flexibility index (Phi) is 4.64. The summed E-state index contributed by atoms with van der Waals surface area (Å²) in [5.41, 5.74) is 2.16. The molecule has 0 amide bonds. The number of aryl methyl sites for hydroxylation is 1. The van der Waals surface area contributed by atoms with E-state index >= 15 is 0 Å². The highest BCUT2D eigenvalue weighted by atomic mass is 16.3. The molecule has 0 saturated carbocycles. The minimum absolute atomic E-state index is 0.566. The molecule has 0 unspecified atom stereocenters. The van der Waals surface area contributed by atoms with E-state index in [0.29, 0.717) is 0 Å². The smallest absolute Gasteiger partial charge is 0.0594 e. The Labute approximate surface area is 117 Å². The lowest BCUT2D eigenvalue weighted by Gasteiger charge is -2.21. The maximum absolute atomic E-state index is 9.75. The molecule has 2 nitrogen and oxygen atoms in total. The Morgan fingerprint density at radius 1 is 1.21 bits per heavy atom. The van der Waals surface area contributed by atoms with E-state index in [-0.39, 0.29) is 0 Å². The topological polar surface area (TPSA) is 23.5 Å². The van der Waals surface area contributed by atoms with Gasteiger partial charge in [-0.3, -0.25) is 4.90 Å². The lowest BCUT2D eigenvalue weighted by atomic mass is 9.98. The van der Waals surface area contributed by atoms with Gasteiger partial charge in [-0.05, 0) is 64.1 Å². The van der Waals surface area contributed by atoms with E-state index in [1.165, 1.54) is 30.5 Å². The van der Waals surface area contributed by atoms with E-state index in [0.717, 1.165) is 25.4 Å². The number of benzene rings is 1. The molecule has 1 N–H and O–H groups in total. The summed E-state index contributed by atoms with van der Waals surface area (Å²) >= 11 is 0. The van der Waals surface area contributed by atoms with Gasteiger partial charge >= 0.3 is 0 Å². The molecule has 0 bridgehead atoms. The van der Waals surface area contributed by atoms with Gasteiger partial charge in [0.05, 0.1) is 5.60 Å². The fourth-order valence-electron chi connectivity index (χ4n) is 2.72. The predicted molar refractivity (Wildman–Crippen MR) is 80.2 cm³/mol. The monoisotopic (exact) mass is 261 g/mol. The molecular weight excluding hydrogens is 234 g/mol. The summed E-state index contributed by atoms with van der Waals surface area (Å²) in [6.45, 7) is 8.38. The third-order valence-corrected chi connectivity index (χ3v) is 4.12. The second-order valence-corrected chi connectivity index (χ2v) is 6.59. The van der Waals surface area contributed by atoms with Crippen LogP contribution in [0.15, 0.2) is 24.3 Å². The fraction of sp³-hybridized carbons (Fsp3) is 0.647. The quantitative estimate of drug-likeness (QED) is 0.878. The molecule has 0 aliphatic carbocycles. The van der Waals surface area contributed by atoms with E-state index in [9.17, 15) is 5.11 Å². The molecular formula is C17H27NO. The standard InChI is InChI=1S/C17H27NO/c1-14-5-4-12-18(14)13-16-8-6-15(7-9-16)10-11-17(2,3)19/h6-9,14,19H,4-5,10-13H2,1-3H3/t14-/m0/s1. The molecule has 106 valence electrons. The Bertz CT molecular complexity index is 391. The number of aliphatic hydroxyl groups is 1. The van der Waals surface area contributed by atoms with Gasteiger partial charge < -0.3 is 5.11 Å². The first-order valence-corrected chi connectivity index (χ1v) is 7.48. The summed E-state index contributed by atoms with van der Waals surface area (Å²) < 4.78 is 0. The van der Waals surface area contributed by atoms with Gasteiger partial charge in [0, 0.05) is 12.6 Å². The second-order valence-electron chi connectivity index (χ2n) is 6.59. The summed E-state index contributed by atoms with van der Waals surface area (Å²) in [6.07, 6.45) is 4.44. The molecule has 1 atom stereocenters. The normalized spacial score (nSPS) is 20.9. The first kappa shape index (κ1) is 14.5. The van der Waals surface area contributed by atoms with Gasteiger partial charge in [0.25, 0.3) is 0 Å². The minimum Gasteiger partial charge on any atom is -0.390 e. The molecule has 19 heavy (non-hydrogen) atoms. The first-order valence-electron chi connectivity index (χ1n) is 7.48. The number of hydrogen-bond acceptors (Lipinski definition) is 2. The van der Waals surface area contributed by atoms with Crippen LogP contribution in [0, 0.1) is 0 Å². The molecule has 2 rings (SSSR count). The largest absolute Gasteiger partial charge is 0.390 e. The molecule has 0 spiro atoms. The second kappa shape index (κ2) is 6.06. The lowest BCUT2D eigenvalue weighted by molar-refractivity contribution is 0.0714. The van der Waals surface area contributed by atoms with E-state index in [2.05, 4.69) is 36.1 Å². The van der Waals surface area contributed by atoms with Crippen LogP contribution in [0.4, 0.5) is 0 Å². The molecule has 1 aromatic rings. The van der Waals surface area contributed by atoms with Crippen molar-refractivity contribution in [1.29, 1.82) is 0 Å². The van der Waals surface area contributed by atoms with Crippen LogP contribution in [0.1, 0.15) is 51.2 Å². The van der Waals surface area contributed by atoms with Crippen LogP contribution >= 0.6 is 0 Å². The Morgan fingerprint density at radius 3 is 2.37 bits per heavy atom. The van der Waals surface area contributed by atoms with E-state index in [1.54, 1.807) is 0 Å². The van der Waals surface area contributed by atoms with Gasteiger partial charge in [-0.1, -0.05) is 24.3 Å². The average molecular weight is 261 g/mol. The lowest BCUT2D eigenvalue weighted by Crippen LogP contribution is -2.26. The number of rotatable bonds is 5. The summed E-state index contributed by atoms with van der Waals surface area (Å²) in [5.74, 6) is 0. The summed E-state index contributed by atoms with van der Waals surface area (Å²) in [7, 11) is 0. The van der Waals surface area contributed by atoms with Gasteiger partial charge in [0.2, 0.25) is 0 Å². The van der Waals surface area contributed by atoms with Crippen molar-refractivity contribution in [2.75, 3.05) is 6.54 Å². The van der Waals surface area contributed by atoms with Crippen molar-refractivity contribution in [1.82, 2.24) is 4.90 Å². The third-order valence-electron chi connectivity index (χ3n) is 4.12. The zero-order chi connectivity index (χ0) is 13.9. The number of nitrogens with zero attached hydrogens (tertiary/aromatic N) is 1. The van der Waals surface area contributed by atoms with Crippen molar-refractivity contribution in [3.63, 3.8) is 0 Å².